The highest BCUT2D eigenvalue weighted by molar-refractivity contribution is 8.15. The number of rotatable bonds is 2. The smallest absolute Gasteiger partial charge is 0.319 e. The van der Waals surface area contributed by atoms with Crippen molar-refractivity contribution in [3.05, 3.63) is 24.3 Å². The van der Waals surface area contributed by atoms with E-state index in [9.17, 15) is 4.79 Å². The van der Waals surface area contributed by atoms with Gasteiger partial charge in [-0.05, 0) is 12.1 Å². The Morgan fingerprint density at radius 3 is 2.72 bits per heavy atom. The highest BCUT2D eigenvalue weighted by Crippen LogP contribution is 2.33. The Morgan fingerprint density at radius 1 is 1.44 bits per heavy atom. The minimum absolute atomic E-state index is 0.293. The third kappa shape index (κ3) is 2.73. The van der Waals surface area contributed by atoms with Crippen molar-refractivity contribution >= 4 is 28.4 Å². The van der Waals surface area contributed by atoms with E-state index in [0.717, 1.165) is 0 Å². The molecule has 94 valence electrons. The first-order valence-electron chi connectivity index (χ1n) is 5.19. The maximum absolute atomic E-state index is 11.8. The van der Waals surface area contributed by atoms with E-state index in [4.69, 9.17) is 20.5 Å². The van der Waals surface area contributed by atoms with Gasteiger partial charge in [0.2, 0.25) is 0 Å². The number of amides is 1. The first kappa shape index (κ1) is 12.7. The first-order chi connectivity index (χ1) is 8.65. The minimum atomic E-state index is -1.55. The molecule has 1 amide bonds. The summed E-state index contributed by atoms with van der Waals surface area (Å²) in [6.45, 7) is 0.586. The zero-order valence-electron chi connectivity index (χ0n) is 9.38. The van der Waals surface area contributed by atoms with E-state index in [1.165, 1.54) is 0 Å². The van der Waals surface area contributed by atoms with Crippen LogP contribution in [0.3, 0.4) is 0 Å². The first-order valence-corrected chi connectivity index (χ1v) is 6.00. The van der Waals surface area contributed by atoms with E-state index in [2.05, 4.69) is 5.32 Å². The predicted octanol–water partition coefficient (Wildman–Crippen LogP) is 1.76. The molecular formula is C11H11N3O3S. The number of benzene rings is 1. The molecule has 18 heavy (non-hydrogen) atoms. The van der Waals surface area contributed by atoms with Gasteiger partial charge in [-0.2, -0.15) is 5.26 Å². The van der Waals surface area contributed by atoms with Crippen LogP contribution in [0, 0.1) is 11.3 Å². The fourth-order valence-corrected chi connectivity index (χ4v) is 2.14. The number of thioether (sulfide) groups is 1. The number of para-hydroxylation sites is 2. The molecule has 1 aliphatic heterocycles. The van der Waals surface area contributed by atoms with Crippen LogP contribution in [0.1, 0.15) is 0 Å². The summed E-state index contributed by atoms with van der Waals surface area (Å²) in [5, 5.41) is 9.53. The van der Waals surface area contributed by atoms with E-state index in [0.29, 0.717) is 36.4 Å². The van der Waals surface area contributed by atoms with Gasteiger partial charge in [0.25, 0.3) is 5.24 Å². The molecule has 1 aromatic rings. The maximum atomic E-state index is 11.8. The Kier molecular flexibility index (Phi) is 3.72. The zero-order chi connectivity index (χ0) is 13.0. The lowest BCUT2D eigenvalue weighted by Crippen LogP contribution is -2.27. The Morgan fingerprint density at radius 2 is 2.11 bits per heavy atom. The Balaban J connectivity index is 2.01. The molecule has 0 atom stereocenters. The van der Waals surface area contributed by atoms with Crippen molar-refractivity contribution in [3.8, 4) is 6.07 Å². The summed E-state index contributed by atoms with van der Waals surface area (Å²) in [4.78, 5) is 11.8. The molecule has 3 N–H and O–H groups in total. The van der Waals surface area contributed by atoms with Crippen LogP contribution in [0.25, 0.3) is 0 Å². The van der Waals surface area contributed by atoms with Crippen LogP contribution < -0.4 is 11.1 Å². The van der Waals surface area contributed by atoms with Crippen LogP contribution in [0.5, 0.6) is 0 Å². The molecule has 1 heterocycles. The van der Waals surface area contributed by atoms with Crippen molar-refractivity contribution in [1.82, 2.24) is 0 Å². The summed E-state index contributed by atoms with van der Waals surface area (Å²) in [6, 6.07) is 8.69. The number of nitrogens with one attached hydrogen (secondary N) is 1. The SMILES string of the molecule is N#CC1(SC(=O)Nc2ccccc2N)OCCO1. The average Bonchev–Trinajstić information content (AvgIpc) is 2.81. The summed E-state index contributed by atoms with van der Waals surface area (Å²) in [5.41, 5.74) is 6.63. The third-order valence-corrected chi connectivity index (χ3v) is 3.11. The largest absolute Gasteiger partial charge is 0.397 e. The standard InChI is InChI=1S/C11H11N3O3S/c12-7-11(16-5-6-17-11)18-10(15)14-9-4-2-1-3-8(9)13/h1-4H,5-6,13H2,(H,14,15). The predicted molar refractivity (Wildman–Crippen MR) is 67.7 cm³/mol. The molecular weight excluding hydrogens is 254 g/mol. The summed E-state index contributed by atoms with van der Waals surface area (Å²) >= 11 is 0.647. The quantitative estimate of drug-likeness (QED) is 0.791. The third-order valence-electron chi connectivity index (χ3n) is 2.23. The second kappa shape index (κ2) is 5.27. The van der Waals surface area contributed by atoms with Crippen molar-refractivity contribution in [3.63, 3.8) is 0 Å². The second-order valence-corrected chi connectivity index (χ2v) is 4.58. The van der Waals surface area contributed by atoms with Crippen LogP contribution in [-0.2, 0) is 9.47 Å². The molecule has 1 fully saturated rings. The van der Waals surface area contributed by atoms with Crippen LogP contribution >= 0.6 is 11.8 Å². The molecule has 0 radical (unpaired) electrons. The topological polar surface area (TPSA) is 97.4 Å². The van der Waals surface area contributed by atoms with Crippen LogP contribution in [0.15, 0.2) is 24.3 Å². The number of nitriles is 1. The maximum Gasteiger partial charge on any atom is 0.319 e. The highest BCUT2D eigenvalue weighted by atomic mass is 32.2. The number of ether oxygens (including phenoxy) is 2. The lowest BCUT2D eigenvalue weighted by molar-refractivity contribution is -0.0277. The molecule has 1 aromatic carbocycles. The normalized spacial score (nSPS) is 17.1. The van der Waals surface area contributed by atoms with Gasteiger partial charge >= 0.3 is 5.12 Å². The number of carbonyl (C=O) groups excluding carboxylic acids is 1. The van der Waals surface area contributed by atoms with Crippen molar-refractivity contribution in [2.24, 2.45) is 0 Å². The monoisotopic (exact) mass is 265 g/mol. The second-order valence-electron chi connectivity index (χ2n) is 3.47. The van der Waals surface area contributed by atoms with Gasteiger partial charge in [0.15, 0.2) is 0 Å². The van der Waals surface area contributed by atoms with Crippen molar-refractivity contribution in [2.45, 2.75) is 5.12 Å². The lowest BCUT2D eigenvalue weighted by atomic mass is 10.3. The van der Waals surface area contributed by atoms with Gasteiger partial charge in [0, 0.05) is 11.8 Å². The lowest BCUT2D eigenvalue weighted by Gasteiger charge is -2.17. The molecule has 1 aliphatic rings. The average molecular weight is 265 g/mol. The molecule has 0 spiro atoms. The van der Waals surface area contributed by atoms with Crippen molar-refractivity contribution < 1.29 is 14.3 Å². The van der Waals surface area contributed by atoms with Crippen molar-refractivity contribution in [2.75, 3.05) is 24.3 Å². The van der Waals surface area contributed by atoms with Gasteiger partial charge in [0.1, 0.15) is 6.07 Å². The van der Waals surface area contributed by atoms with Crippen LogP contribution in [0.4, 0.5) is 16.2 Å². The van der Waals surface area contributed by atoms with Gasteiger partial charge in [-0.15, -0.1) is 0 Å². The van der Waals surface area contributed by atoms with E-state index in [1.54, 1.807) is 24.3 Å². The zero-order valence-corrected chi connectivity index (χ0v) is 10.2. The number of anilines is 2. The molecule has 1 saturated heterocycles. The molecule has 2 rings (SSSR count). The number of hydrogen-bond acceptors (Lipinski definition) is 6. The summed E-state index contributed by atoms with van der Waals surface area (Å²) in [7, 11) is 0. The molecule has 0 saturated carbocycles. The number of nitrogen functional groups attached to an aromatic ring is 1. The van der Waals surface area contributed by atoms with Crippen LogP contribution in [-0.4, -0.2) is 23.6 Å². The minimum Gasteiger partial charge on any atom is -0.397 e. The van der Waals surface area contributed by atoms with Crippen molar-refractivity contribution in [1.29, 1.82) is 5.26 Å². The number of nitrogens with zero attached hydrogens (tertiary/aromatic N) is 1. The van der Waals surface area contributed by atoms with E-state index >= 15 is 0 Å². The van der Waals surface area contributed by atoms with Gasteiger partial charge in [-0.25, -0.2) is 0 Å². The van der Waals surface area contributed by atoms with E-state index < -0.39 is 10.4 Å². The molecule has 0 bridgehead atoms. The Hall–Kier alpha value is -1.75. The fourth-order valence-electron chi connectivity index (χ4n) is 1.41. The van der Waals surface area contributed by atoms with E-state index in [1.807, 2.05) is 6.07 Å². The summed E-state index contributed by atoms with van der Waals surface area (Å²) in [6.07, 6.45) is 0. The summed E-state index contributed by atoms with van der Waals surface area (Å²) in [5.74, 6) is 0. The molecule has 6 nitrogen and oxygen atoms in total. The Labute approximate surface area is 108 Å². The fraction of sp³-hybridized carbons (Fsp3) is 0.273. The van der Waals surface area contributed by atoms with Gasteiger partial charge in [0.05, 0.1) is 24.6 Å². The molecule has 7 heteroatoms. The van der Waals surface area contributed by atoms with E-state index in [-0.39, 0.29) is 0 Å². The number of nitrogens with two attached hydrogens (primary N) is 1. The number of hydrogen-bond donors (Lipinski definition) is 2. The molecule has 0 aliphatic carbocycles. The molecule has 0 aromatic heterocycles. The molecule has 0 unspecified atom stereocenters. The number of carbonyl (C=O) groups is 1. The van der Waals surface area contributed by atoms with Gasteiger partial charge < -0.3 is 20.5 Å². The highest BCUT2D eigenvalue weighted by Gasteiger charge is 2.40. The van der Waals surface area contributed by atoms with Crippen LogP contribution in [0.2, 0.25) is 0 Å². The van der Waals surface area contributed by atoms with Gasteiger partial charge in [-0.1, -0.05) is 12.1 Å². The summed E-state index contributed by atoms with van der Waals surface area (Å²) < 4.78 is 10.2. The van der Waals surface area contributed by atoms with Gasteiger partial charge in [-0.3, -0.25) is 4.79 Å². The Bertz CT molecular complexity index is 495.